The van der Waals surface area contributed by atoms with Gasteiger partial charge < -0.3 is 19.8 Å². The minimum atomic E-state index is -0.906. The van der Waals surface area contributed by atoms with Gasteiger partial charge in [-0.3, -0.25) is 0 Å². The molecule has 0 saturated carbocycles. The molecule has 0 bridgehead atoms. The summed E-state index contributed by atoms with van der Waals surface area (Å²) in [4.78, 5) is 11.9. The zero-order valence-corrected chi connectivity index (χ0v) is 7.69. The quantitative estimate of drug-likeness (QED) is 0.662. The van der Waals surface area contributed by atoms with E-state index in [4.69, 9.17) is 14.9 Å². The van der Waals surface area contributed by atoms with E-state index < -0.39 is 11.7 Å². The molecule has 1 fully saturated rings. The van der Waals surface area contributed by atoms with Crippen LogP contribution in [0.15, 0.2) is 0 Å². The van der Waals surface area contributed by atoms with Gasteiger partial charge in [-0.1, -0.05) is 0 Å². The molecule has 1 saturated heterocycles. The van der Waals surface area contributed by atoms with Crippen molar-refractivity contribution in [3.05, 3.63) is 0 Å². The number of aliphatic hydroxyl groups is 1. The van der Waals surface area contributed by atoms with Gasteiger partial charge in [-0.2, -0.15) is 0 Å². The van der Waals surface area contributed by atoms with Gasteiger partial charge in [-0.25, -0.2) is 4.79 Å². The molecule has 2 N–H and O–H groups in total. The second kappa shape index (κ2) is 3.93. The fourth-order valence-corrected chi connectivity index (χ4v) is 1.51. The molecule has 1 amide bonds. The summed E-state index contributed by atoms with van der Waals surface area (Å²) in [5.74, 6) is 0. The van der Waals surface area contributed by atoms with Crippen LogP contribution in [-0.4, -0.2) is 53.1 Å². The lowest BCUT2D eigenvalue weighted by molar-refractivity contribution is -0.0368. The van der Waals surface area contributed by atoms with Crippen molar-refractivity contribution in [1.82, 2.24) is 4.90 Å². The molecular formula is C8H15NO4. The van der Waals surface area contributed by atoms with E-state index >= 15 is 0 Å². The molecule has 1 aliphatic rings. The van der Waals surface area contributed by atoms with Crippen molar-refractivity contribution in [1.29, 1.82) is 0 Å². The third-order valence-corrected chi connectivity index (χ3v) is 2.25. The zero-order chi connectivity index (χ0) is 9.90. The molecule has 1 atom stereocenters. The highest BCUT2D eigenvalue weighted by Crippen LogP contribution is 2.24. The molecular weight excluding hydrogens is 174 g/mol. The Hall–Kier alpha value is -0.810. The topological polar surface area (TPSA) is 70.0 Å². The van der Waals surface area contributed by atoms with Crippen LogP contribution in [0.1, 0.15) is 13.3 Å². The summed E-state index contributed by atoms with van der Waals surface area (Å²) in [7, 11) is 0. The van der Waals surface area contributed by atoms with Crippen LogP contribution < -0.4 is 0 Å². The Morgan fingerprint density at radius 2 is 2.38 bits per heavy atom. The first-order valence-electron chi connectivity index (χ1n) is 4.30. The maximum Gasteiger partial charge on any atom is 0.407 e. The lowest BCUT2D eigenvalue weighted by Crippen LogP contribution is -2.36. The Kier molecular flexibility index (Phi) is 3.11. The second-order valence-corrected chi connectivity index (χ2v) is 3.48. The Balaban J connectivity index is 2.41. The average molecular weight is 189 g/mol. The molecule has 0 aliphatic carbocycles. The van der Waals surface area contributed by atoms with E-state index in [2.05, 4.69) is 0 Å². The van der Waals surface area contributed by atoms with Crippen LogP contribution in [-0.2, 0) is 4.74 Å². The van der Waals surface area contributed by atoms with Gasteiger partial charge in [0.15, 0.2) is 0 Å². The molecule has 5 heteroatoms. The molecule has 0 aromatic carbocycles. The number of likely N-dealkylation sites (tertiary alicyclic amines) is 1. The largest absolute Gasteiger partial charge is 0.465 e. The Labute approximate surface area is 76.9 Å². The van der Waals surface area contributed by atoms with Crippen molar-refractivity contribution >= 4 is 6.09 Å². The number of aliphatic hydroxyl groups excluding tert-OH is 1. The lowest BCUT2D eigenvalue weighted by atomic mass is 10.1. The van der Waals surface area contributed by atoms with Crippen molar-refractivity contribution in [3.63, 3.8) is 0 Å². The molecule has 0 radical (unpaired) electrons. The fourth-order valence-electron chi connectivity index (χ4n) is 1.51. The van der Waals surface area contributed by atoms with E-state index in [1.165, 1.54) is 4.90 Å². The number of amides is 1. The summed E-state index contributed by atoms with van der Waals surface area (Å²) in [6, 6.07) is 0. The van der Waals surface area contributed by atoms with Gasteiger partial charge in [-0.15, -0.1) is 0 Å². The minimum Gasteiger partial charge on any atom is -0.465 e. The van der Waals surface area contributed by atoms with Crippen LogP contribution in [0.3, 0.4) is 0 Å². The Bertz CT molecular complexity index is 197. The summed E-state index contributed by atoms with van der Waals surface area (Å²) in [6.07, 6.45) is -0.212. The van der Waals surface area contributed by atoms with Gasteiger partial charge in [0, 0.05) is 6.54 Å². The molecule has 5 nitrogen and oxygen atoms in total. The minimum absolute atomic E-state index is 0.0251. The van der Waals surface area contributed by atoms with E-state index in [1.54, 1.807) is 0 Å². The van der Waals surface area contributed by atoms with Crippen molar-refractivity contribution in [2.45, 2.75) is 18.9 Å². The van der Waals surface area contributed by atoms with Crippen LogP contribution in [0, 0.1) is 0 Å². The number of nitrogens with zero attached hydrogens (tertiary/aromatic N) is 1. The standard InChI is InChI=1S/C8H15NO4/c1-8(13-5-4-10)2-3-9(6-8)7(11)12/h10H,2-6H2,1H3,(H,11,12). The van der Waals surface area contributed by atoms with E-state index in [-0.39, 0.29) is 13.2 Å². The normalized spacial score (nSPS) is 28.0. The molecule has 1 aliphatic heterocycles. The summed E-state index contributed by atoms with van der Waals surface area (Å²) in [5, 5.41) is 17.3. The molecule has 0 aromatic heterocycles. The van der Waals surface area contributed by atoms with Crippen molar-refractivity contribution < 1.29 is 19.7 Å². The smallest absolute Gasteiger partial charge is 0.407 e. The number of carboxylic acid groups (broad SMARTS) is 1. The van der Waals surface area contributed by atoms with E-state index in [0.717, 1.165) is 0 Å². The summed E-state index contributed by atoms with van der Waals surface area (Å²) in [6.45, 7) is 3.01. The van der Waals surface area contributed by atoms with Crippen LogP contribution >= 0.6 is 0 Å². The Morgan fingerprint density at radius 1 is 1.69 bits per heavy atom. The van der Waals surface area contributed by atoms with Crippen molar-refractivity contribution in [2.24, 2.45) is 0 Å². The van der Waals surface area contributed by atoms with Crippen LogP contribution in [0.2, 0.25) is 0 Å². The van der Waals surface area contributed by atoms with Gasteiger partial charge in [-0.05, 0) is 13.3 Å². The highest BCUT2D eigenvalue weighted by molar-refractivity contribution is 5.65. The van der Waals surface area contributed by atoms with Gasteiger partial charge in [0.05, 0.1) is 25.4 Å². The maximum atomic E-state index is 10.6. The van der Waals surface area contributed by atoms with E-state index in [1.807, 2.05) is 6.92 Å². The molecule has 1 heterocycles. The van der Waals surface area contributed by atoms with Gasteiger partial charge in [0.25, 0.3) is 0 Å². The third kappa shape index (κ3) is 2.57. The molecule has 76 valence electrons. The number of carbonyl (C=O) groups is 1. The highest BCUT2D eigenvalue weighted by Gasteiger charge is 2.36. The molecule has 0 aromatic rings. The summed E-state index contributed by atoms with van der Waals surface area (Å²) >= 11 is 0. The monoisotopic (exact) mass is 189 g/mol. The average Bonchev–Trinajstić information content (AvgIpc) is 2.46. The first-order valence-corrected chi connectivity index (χ1v) is 4.30. The molecule has 13 heavy (non-hydrogen) atoms. The first-order chi connectivity index (χ1) is 6.07. The second-order valence-electron chi connectivity index (χ2n) is 3.48. The van der Waals surface area contributed by atoms with Gasteiger partial charge in [0.1, 0.15) is 0 Å². The van der Waals surface area contributed by atoms with Gasteiger partial charge in [0.2, 0.25) is 0 Å². The zero-order valence-electron chi connectivity index (χ0n) is 7.69. The van der Waals surface area contributed by atoms with Crippen molar-refractivity contribution in [3.8, 4) is 0 Å². The first kappa shape index (κ1) is 10.3. The lowest BCUT2D eigenvalue weighted by Gasteiger charge is -2.23. The van der Waals surface area contributed by atoms with Crippen LogP contribution in [0.25, 0.3) is 0 Å². The van der Waals surface area contributed by atoms with Crippen molar-refractivity contribution in [2.75, 3.05) is 26.3 Å². The van der Waals surface area contributed by atoms with Crippen LogP contribution in [0.5, 0.6) is 0 Å². The van der Waals surface area contributed by atoms with Gasteiger partial charge >= 0.3 is 6.09 Å². The predicted octanol–water partition coefficient (Wildman–Crippen LogP) is 0.138. The molecule has 0 spiro atoms. The predicted molar refractivity (Wildman–Crippen MR) is 45.7 cm³/mol. The Morgan fingerprint density at radius 3 is 2.85 bits per heavy atom. The number of hydrogen-bond acceptors (Lipinski definition) is 3. The number of hydrogen-bond donors (Lipinski definition) is 2. The molecule has 1 unspecified atom stereocenters. The maximum absolute atomic E-state index is 10.6. The van der Waals surface area contributed by atoms with Crippen LogP contribution in [0.4, 0.5) is 4.79 Å². The number of rotatable bonds is 3. The SMILES string of the molecule is CC1(OCCO)CCN(C(=O)O)C1. The summed E-state index contributed by atoms with van der Waals surface area (Å²) < 4.78 is 5.36. The van der Waals surface area contributed by atoms with E-state index in [0.29, 0.717) is 19.5 Å². The van der Waals surface area contributed by atoms with E-state index in [9.17, 15) is 4.79 Å². The third-order valence-electron chi connectivity index (χ3n) is 2.25. The number of ether oxygens (including phenoxy) is 1. The fraction of sp³-hybridized carbons (Fsp3) is 0.875. The summed E-state index contributed by atoms with van der Waals surface area (Å²) in [5.41, 5.74) is -0.416. The highest BCUT2D eigenvalue weighted by atomic mass is 16.5. The molecule has 1 rings (SSSR count).